The molecule has 140 valence electrons. The Morgan fingerprint density at radius 2 is 2.16 bits per heavy atom. The van der Waals surface area contributed by atoms with Gasteiger partial charge in [-0.1, -0.05) is 6.07 Å². The molecule has 2 N–H and O–H groups in total. The summed E-state index contributed by atoms with van der Waals surface area (Å²) in [6.07, 6.45) is 1.73. The number of rotatable bonds is 5. The molecule has 1 unspecified atom stereocenters. The SMILES string of the molecule is CCOc1cc(CNC2CCCN(C(=O)OC(C)(C)C)C2)ccc1O. The highest BCUT2D eigenvalue weighted by Crippen LogP contribution is 2.27. The molecule has 0 bridgehead atoms. The number of piperidine rings is 1. The van der Waals surface area contributed by atoms with Crippen molar-refractivity contribution in [2.45, 2.75) is 58.7 Å². The van der Waals surface area contributed by atoms with Crippen molar-refractivity contribution in [2.24, 2.45) is 0 Å². The van der Waals surface area contributed by atoms with Crippen LogP contribution in [0.25, 0.3) is 0 Å². The molecule has 2 rings (SSSR count). The number of aromatic hydroxyl groups is 1. The van der Waals surface area contributed by atoms with Crippen LogP contribution in [0.5, 0.6) is 11.5 Å². The largest absolute Gasteiger partial charge is 0.504 e. The Kier molecular flexibility index (Phi) is 6.53. The van der Waals surface area contributed by atoms with Gasteiger partial charge >= 0.3 is 6.09 Å². The lowest BCUT2D eigenvalue weighted by atomic mass is 10.1. The number of amides is 1. The molecule has 1 aliphatic heterocycles. The Balaban J connectivity index is 1.88. The van der Waals surface area contributed by atoms with Gasteiger partial charge in [0, 0.05) is 25.7 Å². The molecule has 1 aromatic rings. The highest BCUT2D eigenvalue weighted by atomic mass is 16.6. The summed E-state index contributed by atoms with van der Waals surface area (Å²) in [6.45, 7) is 10.1. The molecule has 0 radical (unpaired) electrons. The molecule has 1 amide bonds. The van der Waals surface area contributed by atoms with E-state index in [9.17, 15) is 9.90 Å². The van der Waals surface area contributed by atoms with E-state index in [1.165, 1.54) is 0 Å². The second-order valence-corrected chi connectivity index (χ2v) is 7.38. The first-order chi connectivity index (χ1) is 11.8. The Bertz CT molecular complexity index is 583. The van der Waals surface area contributed by atoms with Crippen molar-refractivity contribution in [1.29, 1.82) is 0 Å². The first kappa shape index (κ1) is 19.4. The molecular formula is C19H30N2O4. The fourth-order valence-electron chi connectivity index (χ4n) is 2.84. The molecule has 1 fully saturated rings. The van der Waals surface area contributed by atoms with Crippen LogP contribution >= 0.6 is 0 Å². The van der Waals surface area contributed by atoms with Crippen LogP contribution in [0, 0.1) is 0 Å². The molecule has 0 aliphatic carbocycles. The minimum absolute atomic E-state index is 0.152. The summed E-state index contributed by atoms with van der Waals surface area (Å²) < 4.78 is 10.9. The fraction of sp³-hybridized carbons (Fsp3) is 0.632. The normalized spacial score (nSPS) is 18.1. The summed E-state index contributed by atoms with van der Waals surface area (Å²) in [6, 6.07) is 5.60. The molecule has 25 heavy (non-hydrogen) atoms. The molecule has 1 heterocycles. The Morgan fingerprint density at radius 3 is 2.84 bits per heavy atom. The summed E-state index contributed by atoms with van der Waals surface area (Å²) in [4.78, 5) is 14.0. The molecule has 1 aliphatic rings. The summed E-state index contributed by atoms with van der Waals surface area (Å²) in [5.74, 6) is 0.653. The summed E-state index contributed by atoms with van der Waals surface area (Å²) in [7, 11) is 0. The topological polar surface area (TPSA) is 71.0 Å². The van der Waals surface area contributed by atoms with E-state index in [0.717, 1.165) is 24.9 Å². The van der Waals surface area contributed by atoms with Crippen molar-refractivity contribution < 1.29 is 19.4 Å². The lowest BCUT2D eigenvalue weighted by molar-refractivity contribution is 0.0187. The van der Waals surface area contributed by atoms with Crippen molar-refractivity contribution in [3.63, 3.8) is 0 Å². The van der Waals surface area contributed by atoms with E-state index in [-0.39, 0.29) is 17.9 Å². The van der Waals surface area contributed by atoms with E-state index in [1.807, 2.05) is 39.8 Å². The standard InChI is InChI=1S/C19H30N2O4/c1-5-24-17-11-14(8-9-16(17)22)12-20-15-7-6-10-21(13-15)18(23)25-19(2,3)4/h8-9,11,15,20,22H,5-7,10,12-13H2,1-4H3. The van der Waals surface area contributed by atoms with Gasteiger partial charge < -0.3 is 24.8 Å². The number of likely N-dealkylation sites (tertiary alicyclic amines) is 1. The average molecular weight is 350 g/mol. The molecule has 0 aromatic heterocycles. The predicted molar refractivity (Wildman–Crippen MR) is 96.9 cm³/mol. The van der Waals surface area contributed by atoms with E-state index in [0.29, 0.717) is 25.4 Å². The third-order valence-electron chi connectivity index (χ3n) is 3.99. The number of carbonyl (C=O) groups excluding carboxylic acids is 1. The number of nitrogens with zero attached hydrogens (tertiary/aromatic N) is 1. The van der Waals surface area contributed by atoms with Gasteiger partial charge in [0.1, 0.15) is 5.60 Å². The van der Waals surface area contributed by atoms with Gasteiger partial charge in [-0.2, -0.15) is 0 Å². The van der Waals surface area contributed by atoms with Crippen LogP contribution in [0.15, 0.2) is 18.2 Å². The predicted octanol–water partition coefficient (Wildman–Crippen LogP) is 3.28. The van der Waals surface area contributed by atoms with E-state index in [2.05, 4.69) is 5.32 Å². The second-order valence-electron chi connectivity index (χ2n) is 7.38. The van der Waals surface area contributed by atoms with Crippen molar-refractivity contribution in [3.05, 3.63) is 23.8 Å². The zero-order valence-corrected chi connectivity index (χ0v) is 15.7. The molecule has 1 aromatic carbocycles. The van der Waals surface area contributed by atoms with E-state index in [4.69, 9.17) is 9.47 Å². The number of hydrogen-bond acceptors (Lipinski definition) is 5. The van der Waals surface area contributed by atoms with E-state index in [1.54, 1.807) is 11.0 Å². The van der Waals surface area contributed by atoms with Crippen molar-refractivity contribution in [1.82, 2.24) is 10.2 Å². The highest BCUT2D eigenvalue weighted by molar-refractivity contribution is 5.68. The van der Waals surface area contributed by atoms with Gasteiger partial charge in [-0.15, -0.1) is 0 Å². The minimum Gasteiger partial charge on any atom is -0.504 e. The second kappa shape index (κ2) is 8.43. The summed E-state index contributed by atoms with van der Waals surface area (Å²) in [5, 5.41) is 13.3. The summed E-state index contributed by atoms with van der Waals surface area (Å²) >= 11 is 0. The zero-order valence-electron chi connectivity index (χ0n) is 15.7. The van der Waals surface area contributed by atoms with E-state index >= 15 is 0 Å². The number of nitrogens with one attached hydrogen (secondary N) is 1. The van der Waals surface area contributed by atoms with Gasteiger partial charge in [-0.25, -0.2) is 4.79 Å². The average Bonchev–Trinajstić information content (AvgIpc) is 2.54. The van der Waals surface area contributed by atoms with Crippen molar-refractivity contribution >= 4 is 6.09 Å². The van der Waals surface area contributed by atoms with Crippen LogP contribution < -0.4 is 10.1 Å². The van der Waals surface area contributed by atoms with Gasteiger partial charge in [0.25, 0.3) is 0 Å². The van der Waals surface area contributed by atoms with Crippen LogP contribution in [0.1, 0.15) is 46.1 Å². The molecule has 6 heteroatoms. The number of benzene rings is 1. The van der Waals surface area contributed by atoms with Gasteiger partial charge in [0.15, 0.2) is 11.5 Å². The molecule has 1 saturated heterocycles. The molecule has 6 nitrogen and oxygen atoms in total. The van der Waals surface area contributed by atoms with Gasteiger partial charge in [-0.05, 0) is 58.2 Å². The Hall–Kier alpha value is -1.95. The maximum absolute atomic E-state index is 12.2. The number of carbonyl (C=O) groups is 1. The first-order valence-electron chi connectivity index (χ1n) is 8.94. The van der Waals surface area contributed by atoms with Crippen LogP contribution in [0.3, 0.4) is 0 Å². The van der Waals surface area contributed by atoms with Crippen LogP contribution in [-0.2, 0) is 11.3 Å². The zero-order chi connectivity index (χ0) is 18.4. The third kappa shape index (κ3) is 6.12. The van der Waals surface area contributed by atoms with Crippen molar-refractivity contribution in [3.8, 4) is 11.5 Å². The van der Waals surface area contributed by atoms with Crippen molar-refractivity contribution in [2.75, 3.05) is 19.7 Å². The lowest BCUT2D eigenvalue weighted by Crippen LogP contribution is -2.49. The minimum atomic E-state index is -0.473. The molecule has 0 spiro atoms. The Labute approximate surface area is 150 Å². The van der Waals surface area contributed by atoms with Crippen LogP contribution in [-0.4, -0.2) is 47.4 Å². The number of hydrogen-bond donors (Lipinski definition) is 2. The van der Waals surface area contributed by atoms with E-state index < -0.39 is 5.60 Å². The first-order valence-corrected chi connectivity index (χ1v) is 8.94. The lowest BCUT2D eigenvalue weighted by Gasteiger charge is -2.34. The highest BCUT2D eigenvalue weighted by Gasteiger charge is 2.27. The van der Waals surface area contributed by atoms with Gasteiger partial charge in [0.05, 0.1) is 6.61 Å². The fourth-order valence-corrected chi connectivity index (χ4v) is 2.84. The smallest absolute Gasteiger partial charge is 0.410 e. The maximum atomic E-state index is 12.2. The molecule has 0 saturated carbocycles. The number of phenolic OH excluding ortho intramolecular Hbond substituents is 1. The quantitative estimate of drug-likeness (QED) is 0.853. The Morgan fingerprint density at radius 1 is 1.40 bits per heavy atom. The van der Waals surface area contributed by atoms with Gasteiger partial charge in [-0.3, -0.25) is 0 Å². The van der Waals surface area contributed by atoms with Crippen LogP contribution in [0.4, 0.5) is 4.79 Å². The number of phenols is 1. The maximum Gasteiger partial charge on any atom is 0.410 e. The van der Waals surface area contributed by atoms with Crippen LogP contribution in [0.2, 0.25) is 0 Å². The summed E-state index contributed by atoms with van der Waals surface area (Å²) in [5.41, 5.74) is 0.565. The van der Waals surface area contributed by atoms with Gasteiger partial charge in [0.2, 0.25) is 0 Å². The molecule has 1 atom stereocenters. The monoisotopic (exact) mass is 350 g/mol. The molecular weight excluding hydrogens is 320 g/mol. The third-order valence-corrected chi connectivity index (χ3v) is 3.99. The number of ether oxygens (including phenoxy) is 2.